The number of alkyl halides is 3. The number of halogens is 5. The molecule has 0 fully saturated rings. The van der Waals surface area contributed by atoms with E-state index >= 15 is 0 Å². The number of aromatic nitrogens is 2. The van der Waals surface area contributed by atoms with E-state index in [1.54, 1.807) is 12.1 Å². The van der Waals surface area contributed by atoms with Crippen LogP contribution in [-0.2, 0) is 22.8 Å². The Balaban J connectivity index is 0.00000247. The smallest absolute Gasteiger partial charge is 0.431 e. The van der Waals surface area contributed by atoms with E-state index in [0.29, 0.717) is 0 Å². The number of hydrogen-bond donors (Lipinski definition) is 0. The Labute approximate surface area is 219 Å². The highest BCUT2D eigenvalue weighted by Crippen LogP contribution is 2.37. The maximum atomic E-state index is 14.7. The Morgan fingerprint density at radius 1 is 1.08 bits per heavy atom. The minimum Gasteiger partial charge on any atom is -0.478 e. The Morgan fingerprint density at radius 3 is 2.32 bits per heavy atom. The van der Waals surface area contributed by atoms with Crippen molar-refractivity contribution in [1.82, 2.24) is 9.13 Å². The summed E-state index contributed by atoms with van der Waals surface area (Å²) in [6.45, 7) is 6.92. The van der Waals surface area contributed by atoms with Gasteiger partial charge in [0.2, 0.25) is 0 Å². The van der Waals surface area contributed by atoms with E-state index in [-0.39, 0.29) is 44.1 Å². The van der Waals surface area contributed by atoms with Crippen molar-refractivity contribution in [3.8, 4) is 22.9 Å². The van der Waals surface area contributed by atoms with Gasteiger partial charge in [-0.05, 0) is 18.2 Å². The van der Waals surface area contributed by atoms with Gasteiger partial charge in [0.05, 0.1) is 10.7 Å². The number of ether oxygens (including phenoxy) is 3. The molecular formula is C25H23ClF4N2O6. The van der Waals surface area contributed by atoms with Crippen LogP contribution in [0, 0.1) is 5.82 Å². The van der Waals surface area contributed by atoms with E-state index in [1.807, 2.05) is 13.8 Å². The van der Waals surface area contributed by atoms with Crippen molar-refractivity contribution in [1.29, 1.82) is 0 Å². The fraction of sp³-hybridized carbons (Fsp3) is 0.240. The molecule has 13 heteroatoms. The zero-order valence-electron chi connectivity index (χ0n) is 20.5. The first-order valence-corrected chi connectivity index (χ1v) is 11.4. The molecule has 204 valence electrons. The number of carbonyl (C=O) groups excluding carboxylic acids is 1. The predicted molar refractivity (Wildman–Crippen MR) is 132 cm³/mol. The average molecular weight is 559 g/mol. The van der Waals surface area contributed by atoms with Crippen LogP contribution in [0.2, 0.25) is 5.02 Å². The Bertz CT molecular complexity index is 1430. The SMILES string of the molecule is C=CCOC(=O)COc1ccccc1Oc1cc(-n2c(=O)cc(C(F)(F)F)n(C)c2=O)c(F)cc1Cl.CC. The molecule has 0 N–H and O–H groups in total. The molecule has 0 amide bonds. The van der Waals surface area contributed by atoms with Crippen LogP contribution in [-0.4, -0.2) is 28.3 Å². The summed E-state index contributed by atoms with van der Waals surface area (Å²) < 4.78 is 70.3. The van der Waals surface area contributed by atoms with Crippen LogP contribution >= 0.6 is 11.6 Å². The lowest BCUT2D eigenvalue weighted by molar-refractivity contribution is -0.145. The second kappa shape index (κ2) is 13.0. The maximum Gasteiger partial charge on any atom is 0.431 e. The number of nitrogens with zero attached hydrogens (tertiary/aromatic N) is 2. The van der Waals surface area contributed by atoms with E-state index < -0.39 is 47.2 Å². The van der Waals surface area contributed by atoms with Gasteiger partial charge in [-0.1, -0.05) is 50.2 Å². The maximum absolute atomic E-state index is 14.7. The molecule has 8 nitrogen and oxygen atoms in total. The van der Waals surface area contributed by atoms with Gasteiger partial charge in [-0.3, -0.25) is 9.36 Å². The van der Waals surface area contributed by atoms with Gasteiger partial charge in [-0.25, -0.2) is 18.5 Å². The fourth-order valence-corrected chi connectivity index (χ4v) is 3.18. The summed E-state index contributed by atoms with van der Waals surface area (Å²) in [5, 5.41) is -0.284. The summed E-state index contributed by atoms with van der Waals surface area (Å²) in [6.07, 6.45) is -3.61. The van der Waals surface area contributed by atoms with Gasteiger partial charge in [0, 0.05) is 19.2 Å². The molecule has 0 aliphatic heterocycles. The van der Waals surface area contributed by atoms with Crippen molar-refractivity contribution >= 4 is 17.6 Å². The van der Waals surface area contributed by atoms with Crippen molar-refractivity contribution in [2.75, 3.05) is 13.2 Å². The molecule has 1 aromatic heterocycles. The molecule has 0 saturated carbocycles. The molecule has 0 bridgehead atoms. The highest BCUT2D eigenvalue weighted by atomic mass is 35.5. The summed E-state index contributed by atoms with van der Waals surface area (Å²) in [4.78, 5) is 36.6. The summed E-state index contributed by atoms with van der Waals surface area (Å²) in [5.74, 6) is -2.03. The summed E-state index contributed by atoms with van der Waals surface area (Å²) >= 11 is 6.06. The molecule has 0 radical (unpaired) electrons. The quantitative estimate of drug-likeness (QED) is 0.212. The molecule has 0 aliphatic rings. The topological polar surface area (TPSA) is 88.8 Å². The Hall–Kier alpha value is -4.06. The van der Waals surface area contributed by atoms with Gasteiger partial charge in [0.15, 0.2) is 18.1 Å². The summed E-state index contributed by atoms with van der Waals surface area (Å²) in [6, 6.07) is 7.77. The van der Waals surface area contributed by atoms with Crippen molar-refractivity contribution < 1.29 is 36.6 Å². The van der Waals surface area contributed by atoms with Gasteiger partial charge >= 0.3 is 17.8 Å². The molecular weight excluding hydrogens is 536 g/mol. The van der Waals surface area contributed by atoms with E-state index in [0.717, 1.165) is 19.2 Å². The second-order valence-corrected chi connectivity index (χ2v) is 7.49. The molecule has 1 heterocycles. The van der Waals surface area contributed by atoms with Gasteiger partial charge in [-0.2, -0.15) is 13.2 Å². The normalized spacial score (nSPS) is 10.7. The zero-order chi connectivity index (χ0) is 28.6. The summed E-state index contributed by atoms with van der Waals surface area (Å²) in [5.41, 5.74) is -5.06. The largest absolute Gasteiger partial charge is 0.478 e. The van der Waals surface area contributed by atoms with Gasteiger partial charge in [0.1, 0.15) is 23.9 Å². The molecule has 0 aliphatic carbocycles. The summed E-state index contributed by atoms with van der Waals surface area (Å²) in [7, 11) is 0.792. The van der Waals surface area contributed by atoms with Gasteiger partial charge < -0.3 is 14.2 Å². The fourth-order valence-electron chi connectivity index (χ4n) is 2.99. The molecule has 0 unspecified atom stereocenters. The third kappa shape index (κ3) is 7.03. The molecule has 0 atom stereocenters. The van der Waals surface area contributed by atoms with Crippen molar-refractivity contribution in [3.05, 3.63) is 92.5 Å². The monoisotopic (exact) mass is 558 g/mol. The van der Waals surface area contributed by atoms with Crippen LogP contribution in [0.25, 0.3) is 5.69 Å². The van der Waals surface area contributed by atoms with Crippen LogP contribution in [0.4, 0.5) is 17.6 Å². The van der Waals surface area contributed by atoms with Crippen molar-refractivity contribution in [2.24, 2.45) is 7.05 Å². The first-order chi connectivity index (χ1) is 17.9. The minimum atomic E-state index is -4.99. The lowest BCUT2D eigenvalue weighted by Crippen LogP contribution is -2.41. The molecule has 3 aromatic rings. The van der Waals surface area contributed by atoms with Crippen LogP contribution in [0.1, 0.15) is 19.5 Å². The van der Waals surface area contributed by atoms with Crippen LogP contribution in [0.15, 0.2) is 64.7 Å². The van der Waals surface area contributed by atoms with E-state index in [4.69, 9.17) is 25.8 Å². The van der Waals surface area contributed by atoms with E-state index in [1.165, 1.54) is 18.2 Å². The number of rotatable bonds is 8. The minimum absolute atomic E-state index is 0.0150. The van der Waals surface area contributed by atoms with Crippen molar-refractivity contribution in [3.63, 3.8) is 0 Å². The number of hydrogen-bond acceptors (Lipinski definition) is 6. The number of para-hydroxylation sites is 2. The third-order valence-electron chi connectivity index (χ3n) is 4.63. The van der Waals surface area contributed by atoms with Crippen LogP contribution in [0.3, 0.4) is 0 Å². The molecule has 0 saturated heterocycles. The second-order valence-electron chi connectivity index (χ2n) is 7.09. The van der Waals surface area contributed by atoms with Crippen molar-refractivity contribution in [2.45, 2.75) is 20.0 Å². The highest BCUT2D eigenvalue weighted by molar-refractivity contribution is 6.32. The first kappa shape index (κ1) is 30.2. The van der Waals surface area contributed by atoms with Gasteiger partial charge in [-0.15, -0.1) is 0 Å². The lowest BCUT2D eigenvalue weighted by atomic mass is 10.2. The highest BCUT2D eigenvalue weighted by Gasteiger charge is 2.35. The van der Waals surface area contributed by atoms with Crippen LogP contribution in [0.5, 0.6) is 17.2 Å². The standard InChI is InChI=1S/C23H17ClF4N2O6.C2H6/c1-3-8-34-21(32)12-35-16-6-4-5-7-17(16)36-18-10-15(14(25)9-13(18)24)30-20(31)11-19(23(26,27)28)29(2)22(30)33;1-2/h3-7,9-11H,1,8,12H2,2H3;1-2H3. The molecule has 2 aromatic carbocycles. The third-order valence-corrected chi connectivity index (χ3v) is 4.92. The van der Waals surface area contributed by atoms with Gasteiger partial charge in [0.25, 0.3) is 5.56 Å². The predicted octanol–water partition coefficient (Wildman–Crippen LogP) is 5.27. The molecule has 38 heavy (non-hydrogen) atoms. The molecule has 3 rings (SSSR count). The lowest BCUT2D eigenvalue weighted by Gasteiger charge is -2.16. The number of benzene rings is 2. The first-order valence-electron chi connectivity index (χ1n) is 11.0. The molecule has 0 spiro atoms. The van der Waals surface area contributed by atoms with Crippen LogP contribution < -0.4 is 20.7 Å². The Kier molecular flexibility index (Phi) is 10.3. The van der Waals surface area contributed by atoms with E-state index in [2.05, 4.69) is 6.58 Å². The van der Waals surface area contributed by atoms with E-state index in [9.17, 15) is 31.9 Å². The number of carbonyl (C=O) groups is 1. The average Bonchev–Trinajstić information content (AvgIpc) is 2.87. The number of esters is 1. The zero-order valence-corrected chi connectivity index (χ0v) is 21.2. The Morgan fingerprint density at radius 2 is 1.71 bits per heavy atom.